The van der Waals surface area contributed by atoms with Crippen LogP contribution in [0.2, 0.25) is 0 Å². The minimum Gasteiger partial charge on any atom is -0.480 e. The first-order valence-electron chi connectivity index (χ1n) is 11.2. The van der Waals surface area contributed by atoms with Crippen molar-refractivity contribution >= 4 is 29.3 Å². The van der Waals surface area contributed by atoms with Crippen LogP contribution in [0, 0.1) is 0 Å². The van der Waals surface area contributed by atoms with E-state index in [1.165, 1.54) is 43.4 Å². The fourth-order valence-electron chi connectivity index (χ4n) is 4.01. The quantitative estimate of drug-likeness (QED) is 0.488. The second kappa shape index (κ2) is 9.87. The molecule has 0 bridgehead atoms. The zero-order valence-electron chi connectivity index (χ0n) is 19.8. The smallest absolute Gasteiger partial charge is 0.407 e. The zero-order valence-corrected chi connectivity index (χ0v) is 20.6. The van der Waals surface area contributed by atoms with Crippen molar-refractivity contribution in [3.63, 3.8) is 0 Å². The number of likely N-dealkylation sites (N-methyl/N-ethyl adjacent to an activating group) is 1. The van der Waals surface area contributed by atoms with Crippen molar-refractivity contribution in [3.05, 3.63) is 75.7 Å². The normalized spacial score (nSPS) is 12.5. The summed E-state index contributed by atoms with van der Waals surface area (Å²) < 4.78 is 5.53. The standard InChI is InChI=1S/C26H27N3O5S/c1-26(2,24(31)32)29(3)23(30)21-15-35-22(28-21)12-13-27-25(33)34-14-20-18-10-6-4-8-16(18)17-9-5-7-11-19(17)20/h4-11,15,20H,12-14H2,1-3H3,(H,27,33)(H,31,32). The summed E-state index contributed by atoms with van der Waals surface area (Å²) in [5, 5.41) is 14.3. The van der Waals surface area contributed by atoms with Crippen LogP contribution in [-0.4, -0.2) is 58.7 Å². The maximum absolute atomic E-state index is 12.6. The molecule has 0 fully saturated rings. The number of benzene rings is 2. The number of carbonyl (C=O) groups excluding carboxylic acids is 2. The van der Waals surface area contributed by atoms with Crippen molar-refractivity contribution in [2.24, 2.45) is 0 Å². The molecule has 0 aliphatic heterocycles. The van der Waals surface area contributed by atoms with E-state index in [-0.39, 0.29) is 18.2 Å². The SMILES string of the molecule is CN(C(=O)c1csc(CCNC(=O)OCC2c3ccccc3-c3ccccc32)n1)C(C)(C)C(=O)O. The lowest BCUT2D eigenvalue weighted by Gasteiger charge is -2.30. The number of carboxylic acid groups (broad SMARTS) is 1. The summed E-state index contributed by atoms with van der Waals surface area (Å²) in [7, 11) is 1.44. The third kappa shape index (κ3) is 4.90. The minimum absolute atomic E-state index is 0.00674. The number of carbonyl (C=O) groups is 3. The maximum atomic E-state index is 12.6. The molecule has 1 aromatic heterocycles. The summed E-state index contributed by atoms with van der Waals surface area (Å²) in [6, 6.07) is 16.3. The number of carboxylic acids is 1. The number of hydrogen-bond donors (Lipinski definition) is 2. The molecule has 8 nitrogen and oxygen atoms in total. The van der Waals surface area contributed by atoms with Gasteiger partial charge in [0, 0.05) is 31.3 Å². The first kappa shape index (κ1) is 24.4. The largest absolute Gasteiger partial charge is 0.480 e. The topological polar surface area (TPSA) is 109 Å². The number of ether oxygens (including phenoxy) is 1. The Bertz CT molecular complexity index is 1220. The number of amides is 2. The highest BCUT2D eigenvalue weighted by Gasteiger charge is 2.36. The average Bonchev–Trinajstić information content (AvgIpc) is 3.44. The van der Waals surface area contributed by atoms with Crippen molar-refractivity contribution in [2.75, 3.05) is 20.2 Å². The van der Waals surface area contributed by atoms with Crippen LogP contribution in [0.1, 0.15) is 46.4 Å². The molecule has 0 saturated carbocycles. The van der Waals surface area contributed by atoms with Gasteiger partial charge < -0.3 is 20.1 Å². The van der Waals surface area contributed by atoms with Gasteiger partial charge in [0.1, 0.15) is 17.8 Å². The molecule has 35 heavy (non-hydrogen) atoms. The Balaban J connectivity index is 1.28. The van der Waals surface area contributed by atoms with E-state index >= 15 is 0 Å². The monoisotopic (exact) mass is 493 g/mol. The van der Waals surface area contributed by atoms with Crippen LogP contribution in [0.4, 0.5) is 4.79 Å². The first-order valence-corrected chi connectivity index (χ1v) is 12.1. The first-order chi connectivity index (χ1) is 16.7. The van der Waals surface area contributed by atoms with Crippen LogP contribution in [0.3, 0.4) is 0 Å². The fraction of sp³-hybridized carbons (Fsp3) is 0.308. The Kier molecular flexibility index (Phi) is 6.88. The summed E-state index contributed by atoms with van der Waals surface area (Å²) in [5.41, 5.74) is 3.47. The van der Waals surface area contributed by atoms with Gasteiger partial charge in [0.05, 0.1) is 5.01 Å². The van der Waals surface area contributed by atoms with E-state index in [0.717, 1.165) is 16.0 Å². The van der Waals surface area contributed by atoms with Crippen molar-refractivity contribution in [3.8, 4) is 11.1 Å². The summed E-state index contributed by atoms with van der Waals surface area (Å²) in [4.78, 5) is 41.8. The molecule has 2 amide bonds. The Morgan fingerprint density at radius 1 is 1.09 bits per heavy atom. The Morgan fingerprint density at radius 2 is 1.69 bits per heavy atom. The number of aromatic nitrogens is 1. The van der Waals surface area contributed by atoms with Gasteiger partial charge in [-0.15, -0.1) is 11.3 Å². The molecule has 182 valence electrons. The van der Waals surface area contributed by atoms with Crippen LogP contribution < -0.4 is 5.32 Å². The molecule has 1 aliphatic carbocycles. The number of rotatable bonds is 8. The summed E-state index contributed by atoms with van der Waals surface area (Å²) in [5.74, 6) is -1.58. The maximum Gasteiger partial charge on any atom is 0.407 e. The van der Waals surface area contributed by atoms with Gasteiger partial charge in [0.25, 0.3) is 5.91 Å². The van der Waals surface area contributed by atoms with Crippen molar-refractivity contribution < 1.29 is 24.2 Å². The van der Waals surface area contributed by atoms with Gasteiger partial charge in [-0.2, -0.15) is 0 Å². The Morgan fingerprint density at radius 3 is 2.29 bits per heavy atom. The second-order valence-electron chi connectivity index (χ2n) is 8.86. The van der Waals surface area contributed by atoms with Crippen molar-refractivity contribution in [2.45, 2.75) is 31.7 Å². The lowest BCUT2D eigenvalue weighted by molar-refractivity contribution is -0.147. The molecular formula is C26H27N3O5S. The lowest BCUT2D eigenvalue weighted by Crippen LogP contribution is -2.50. The van der Waals surface area contributed by atoms with Gasteiger partial charge in [0.2, 0.25) is 0 Å². The van der Waals surface area contributed by atoms with E-state index in [1.807, 2.05) is 24.3 Å². The number of hydrogen-bond acceptors (Lipinski definition) is 6. The van der Waals surface area contributed by atoms with Crippen LogP contribution in [0.25, 0.3) is 11.1 Å². The summed E-state index contributed by atoms with van der Waals surface area (Å²) in [6.45, 7) is 3.45. The lowest BCUT2D eigenvalue weighted by atomic mass is 9.98. The molecule has 0 atom stereocenters. The molecule has 0 saturated heterocycles. The highest BCUT2D eigenvalue weighted by Crippen LogP contribution is 2.44. The van der Waals surface area contributed by atoms with Crippen LogP contribution in [-0.2, 0) is 16.0 Å². The highest BCUT2D eigenvalue weighted by atomic mass is 32.1. The number of nitrogens with zero attached hydrogens (tertiary/aromatic N) is 2. The molecule has 1 aliphatic rings. The minimum atomic E-state index is -1.35. The van der Waals surface area contributed by atoms with Crippen molar-refractivity contribution in [1.82, 2.24) is 15.2 Å². The van der Waals surface area contributed by atoms with Crippen LogP contribution >= 0.6 is 11.3 Å². The number of aliphatic carboxylic acids is 1. The molecule has 3 aromatic rings. The van der Waals surface area contributed by atoms with Crippen molar-refractivity contribution in [1.29, 1.82) is 0 Å². The van der Waals surface area contributed by atoms with E-state index in [9.17, 15) is 19.5 Å². The number of alkyl carbamates (subject to hydrolysis) is 1. The highest BCUT2D eigenvalue weighted by molar-refractivity contribution is 7.09. The van der Waals surface area contributed by atoms with Crippen LogP contribution in [0.5, 0.6) is 0 Å². The second-order valence-corrected chi connectivity index (χ2v) is 9.80. The molecule has 4 rings (SSSR count). The fourth-order valence-corrected chi connectivity index (χ4v) is 4.79. The zero-order chi connectivity index (χ0) is 25.2. The van der Waals surface area contributed by atoms with Gasteiger partial charge in [-0.05, 0) is 36.1 Å². The third-order valence-corrected chi connectivity index (χ3v) is 7.30. The van der Waals surface area contributed by atoms with E-state index in [1.54, 1.807) is 5.38 Å². The van der Waals surface area contributed by atoms with Gasteiger partial charge >= 0.3 is 12.1 Å². The van der Waals surface area contributed by atoms with Gasteiger partial charge in [-0.1, -0.05) is 48.5 Å². The molecule has 9 heteroatoms. The summed E-state index contributed by atoms with van der Waals surface area (Å²) >= 11 is 1.29. The number of nitrogens with one attached hydrogen (secondary N) is 1. The van der Waals surface area contributed by atoms with Gasteiger partial charge in [-0.25, -0.2) is 14.6 Å². The summed E-state index contributed by atoms with van der Waals surface area (Å²) in [6.07, 6.45) is -0.0866. The van der Waals surface area contributed by atoms with E-state index < -0.39 is 23.5 Å². The van der Waals surface area contributed by atoms with Gasteiger partial charge in [0.15, 0.2) is 0 Å². The van der Waals surface area contributed by atoms with E-state index in [0.29, 0.717) is 18.0 Å². The Labute approximate surface area is 207 Å². The van der Waals surface area contributed by atoms with Gasteiger partial charge in [-0.3, -0.25) is 4.79 Å². The predicted molar refractivity (Wildman–Crippen MR) is 133 cm³/mol. The Hall–Kier alpha value is -3.72. The third-order valence-electron chi connectivity index (χ3n) is 6.39. The number of thiazole rings is 1. The molecule has 0 radical (unpaired) electrons. The molecule has 2 N–H and O–H groups in total. The molecule has 0 unspecified atom stereocenters. The molecule has 1 heterocycles. The van der Waals surface area contributed by atoms with Crippen LogP contribution in [0.15, 0.2) is 53.9 Å². The molecule has 2 aromatic carbocycles. The van der Waals surface area contributed by atoms with E-state index in [4.69, 9.17) is 4.74 Å². The molecular weight excluding hydrogens is 466 g/mol. The predicted octanol–water partition coefficient (Wildman–Crippen LogP) is 4.16. The number of fused-ring (bicyclic) bond motifs is 3. The average molecular weight is 494 g/mol. The molecule has 0 spiro atoms. The van der Waals surface area contributed by atoms with E-state index in [2.05, 4.69) is 34.6 Å².